The molecule has 0 bridgehead atoms. The summed E-state index contributed by atoms with van der Waals surface area (Å²) in [5, 5.41) is 0.367. The summed E-state index contributed by atoms with van der Waals surface area (Å²) in [5.74, 6) is -3.02. The number of amides is 1. The Morgan fingerprint density at radius 2 is 1.97 bits per heavy atom. The molecule has 9 heteroatoms. The smallest absolute Gasteiger partial charge is 0.260 e. The molecule has 0 saturated carbocycles. The van der Waals surface area contributed by atoms with Crippen LogP contribution in [0.2, 0.25) is 0 Å². The van der Waals surface area contributed by atoms with Gasteiger partial charge in [0.2, 0.25) is 0 Å². The lowest BCUT2D eigenvalue weighted by Gasteiger charge is -2.20. The first-order chi connectivity index (χ1) is 14.0. The molecule has 0 radical (unpaired) electrons. The quantitative estimate of drug-likeness (QED) is 0.460. The predicted molar refractivity (Wildman–Crippen MR) is 104 cm³/mol. The lowest BCUT2D eigenvalue weighted by atomic mass is 10.2. The first kappa shape index (κ1) is 19.1. The van der Waals surface area contributed by atoms with E-state index in [-0.39, 0.29) is 12.1 Å². The Bertz CT molecular complexity index is 1160. The van der Waals surface area contributed by atoms with E-state index in [0.717, 1.165) is 23.5 Å². The highest BCUT2D eigenvalue weighted by Gasteiger charge is 2.22. The van der Waals surface area contributed by atoms with E-state index in [1.165, 1.54) is 29.2 Å². The van der Waals surface area contributed by atoms with Gasteiger partial charge in [0.25, 0.3) is 5.91 Å². The van der Waals surface area contributed by atoms with Crippen molar-refractivity contribution < 1.29 is 18.0 Å². The maximum absolute atomic E-state index is 13.6. The number of aryl methyl sites for hydroxylation is 1. The molecular formula is C20H15F3N4OS. The molecule has 0 atom stereocenters. The summed E-state index contributed by atoms with van der Waals surface area (Å²) < 4.78 is 42.9. The minimum absolute atomic E-state index is 0.0111. The van der Waals surface area contributed by atoms with E-state index in [9.17, 15) is 18.0 Å². The molecule has 2 heterocycles. The number of fused-ring (bicyclic) bond motifs is 1. The third-order valence-corrected chi connectivity index (χ3v) is 5.38. The minimum Gasteiger partial charge on any atom is -0.337 e. The summed E-state index contributed by atoms with van der Waals surface area (Å²) in [4.78, 5) is 22.9. The monoisotopic (exact) mass is 416 g/mol. The second kappa shape index (κ2) is 8.04. The molecule has 0 aliphatic carbocycles. The number of halogens is 3. The number of rotatable bonds is 6. The molecule has 1 amide bonds. The number of imidazole rings is 1. The number of hydrogen-bond acceptors (Lipinski definition) is 4. The van der Waals surface area contributed by atoms with Crippen molar-refractivity contribution in [3.05, 3.63) is 78.1 Å². The molecule has 4 rings (SSSR count). The number of hydrogen-bond donors (Lipinski definition) is 0. The molecule has 4 aromatic rings. The normalized spacial score (nSPS) is 11.1. The highest BCUT2D eigenvalue weighted by atomic mass is 32.1. The van der Waals surface area contributed by atoms with Crippen LogP contribution in [0, 0.1) is 17.5 Å². The van der Waals surface area contributed by atoms with Gasteiger partial charge in [0, 0.05) is 31.0 Å². The summed E-state index contributed by atoms with van der Waals surface area (Å²) in [6, 6.07) is 7.20. The van der Waals surface area contributed by atoms with Gasteiger partial charge in [0.05, 0.1) is 16.5 Å². The Kier molecular flexibility index (Phi) is 5.30. The largest absolute Gasteiger partial charge is 0.337 e. The maximum atomic E-state index is 13.6. The SMILES string of the molecule is O=C(c1ccc(F)c(F)c1)N(CCCn1ccnc1)c1nc2ccc(F)cc2s1. The van der Waals surface area contributed by atoms with Gasteiger partial charge in [0.1, 0.15) is 5.82 Å². The van der Waals surface area contributed by atoms with E-state index in [1.807, 2.05) is 10.8 Å². The van der Waals surface area contributed by atoms with E-state index in [0.29, 0.717) is 28.3 Å². The third kappa shape index (κ3) is 4.14. The van der Waals surface area contributed by atoms with Gasteiger partial charge in [-0.05, 0) is 42.8 Å². The number of carbonyl (C=O) groups excluding carboxylic acids is 1. The van der Waals surface area contributed by atoms with Crippen LogP contribution in [0.15, 0.2) is 55.1 Å². The highest BCUT2D eigenvalue weighted by Crippen LogP contribution is 2.30. The van der Waals surface area contributed by atoms with Crippen LogP contribution in [0.1, 0.15) is 16.8 Å². The summed E-state index contributed by atoms with van der Waals surface area (Å²) in [7, 11) is 0. The lowest BCUT2D eigenvalue weighted by Crippen LogP contribution is -2.32. The van der Waals surface area contributed by atoms with Gasteiger partial charge in [-0.1, -0.05) is 11.3 Å². The Morgan fingerprint density at radius 1 is 1.10 bits per heavy atom. The maximum Gasteiger partial charge on any atom is 0.260 e. The molecule has 0 spiro atoms. The number of thiazole rings is 1. The lowest BCUT2D eigenvalue weighted by molar-refractivity contribution is 0.0985. The average molecular weight is 416 g/mol. The topological polar surface area (TPSA) is 51.0 Å². The molecule has 0 aliphatic heterocycles. The van der Waals surface area contributed by atoms with Crippen molar-refractivity contribution >= 4 is 32.6 Å². The van der Waals surface area contributed by atoms with Gasteiger partial charge >= 0.3 is 0 Å². The minimum atomic E-state index is -1.10. The molecule has 0 aliphatic rings. The van der Waals surface area contributed by atoms with E-state index in [2.05, 4.69) is 9.97 Å². The fourth-order valence-corrected chi connectivity index (χ4v) is 3.92. The zero-order valence-electron chi connectivity index (χ0n) is 15.1. The van der Waals surface area contributed by atoms with Crippen molar-refractivity contribution in [2.24, 2.45) is 0 Å². The summed E-state index contributed by atoms with van der Waals surface area (Å²) in [6.45, 7) is 0.902. The zero-order chi connectivity index (χ0) is 20.4. The Hall–Kier alpha value is -3.20. The van der Waals surface area contributed by atoms with Crippen LogP contribution in [0.3, 0.4) is 0 Å². The second-order valence-corrected chi connectivity index (χ2v) is 7.36. The van der Waals surface area contributed by atoms with E-state index >= 15 is 0 Å². The van der Waals surface area contributed by atoms with Gasteiger partial charge < -0.3 is 4.57 Å². The Balaban J connectivity index is 1.64. The van der Waals surface area contributed by atoms with Crippen LogP contribution in [0.5, 0.6) is 0 Å². The molecule has 148 valence electrons. The molecule has 0 fully saturated rings. The summed E-state index contributed by atoms with van der Waals surface area (Å²) in [5.41, 5.74) is 0.570. The molecule has 2 aromatic carbocycles. The molecular weight excluding hydrogens is 401 g/mol. The highest BCUT2D eigenvalue weighted by molar-refractivity contribution is 7.22. The average Bonchev–Trinajstić information content (AvgIpc) is 3.36. The van der Waals surface area contributed by atoms with Gasteiger partial charge in [-0.2, -0.15) is 0 Å². The van der Waals surface area contributed by atoms with Crippen LogP contribution in [0.25, 0.3) is 10.2 Å². The summed E-state index contributed by atoms with van der Waals surface area (Å²) in [6.07, 6.45) is 5.71. The molecule has 0 unspecified atom stereocenters. The number of benzene rings is 2. The predicted octanol–water partition coefficient (Wildman–Crippen LogP) is 4.65. The number of aromatic nitrogens is 3. The van der Waals surface area contributed by atoms with E-state index in [1.54, 1.807) is 12.5 Å². The molecule has 2 aromatic heterocycles. The number of anilines is 1. The standard InChI is InChI=1S/C20H15F3N4OS/c21-14-3-5-17-18(11-14)29-20(25-17)27(8-1-7-26-9-6-24-12-26)19(28)13-2-4-15(22)16(23)10-13/h2-6,9-12H,1,7-8H2. The fourth-order valence-electron chi connectivity index (χ4n) is 2.90. The van der Waals surface area contributed by atoms with E-state index in [4.69, 9.17) is 0 Å². The van der Waals surface area contributed by atoms with Crippen LogP contribution in [-0.2, 0) is 6.54 Å². The first-order valence-electron chi connectivity index (χ1n) is 8.80. The molecule has 29 heavy (non-hydrogen) atoms. The van der Waals surface area contributed by atoms with Crippen molar-refractivity contribution in [3.63, 3.8) is 0 Å². The Labute approximate surface area is 168 Å². The van der Waals surface area contributed by atoms with Crippen molar-refractivity contribution in [2.75, 3.05) is 11.4 Å². The van der Waals surface area contributed by atoms with Crippen LogP contribution in [0.4, 0.5) is 18.3 Å². The summed E-state index contributed by atoms with van der Waals surface area (Å²) >= 11 is 1.16. The molecule has 0 saturated heterocycles. The van der Waals surface area contributed by atoms with Gasteiger partial charge in [0.15, 0.2) is 16.8 Å². The van der Waals surface area contributed by atoms with Crippen molar-refractivity contribution in [1.82, 2.24) is 14.5 Å². The first-order valence-corrected chi connectivity index (χ1v) is 9.61. The van der Waals surface area contributed by atoms with Crippen LogP contribution < -0.4 is 4.90 Å². The molecule has 0 N–H and O–H groups in total. The van der Waals surface area contributed by atoms with Gasteiger partial charge in [-0.25, -0.2) is 23.1 Å². The van der Waals surface area contributed by atoms with Gasteiger partial charge in [-0.15, -0.1) is 0 Å². The van der Waals surface area contributed by atoms with Crippen molar-refractivity contribution in [2.45, 2.75) is 13.0 Å². The second-order valence-electron chi connectivity index (χ2n) is 6.35. The van der Waals surface area contributed by atoms with Gasteiger partial charge in [-0.3, -0.25) is 9.69 Å². The van der Waals surface area contributed by atoms with Crippen LogP contribution in [-0.4, -0.2) is 27.0 Å². The number of nitrogens with zero attached hydrogens (tertiary/aromatic N) is 4. The zero-order valence-corrected chi connectivity index (χ0v) is 15.9. The van der Waals surface area contributed by atoms with E-state index < -0.39 is 23.4 Å². The third-order valence-electron chi connectivity index (χ3n) is 4.34. The van der Waals surface area contributed by atoms with Crippen molar-refractivity contribution in [3.8, 4) is 0 Å². The molecule has 5 nitrogen and oxygen atoms in total. The Morgan fingerprint density at radius 3 is 2.72 bits per heavy atom. The van der Waals surface area contributed by atoms with Crippen molar-refractivity contribution in [1.29, 1.82) is 0 Å². The van der Waals surface area contributed by atoms with Crippen LogP contribution >= 0.6 is 11.3 Å². The fraction of sp³-hybridized carbons (Fsp3) is 0.150. The number of carbonyl (C=O) groups is 1.